The lowest BCUT2D eigenvalue weighted by Gasteiger charge is -2.22. The van der Waals surface area contributed by atoms with Crippen LogP contribution in [0.15, 0.2) is 72.9 Å². The molecule has 7 atom stereocenters. The number of esters is 5. The van der Waals surface area contributed by atoms with Gasteiger partial charge in [0, 0.05) is 31.6 Å². The molecule has 1 fully saturated rings. The Hall–Kier alpha value is -5.73. The molecule has 0 bridgehead atoms. The number of allylic oxidation sites excluding steroid dienone is 12. The fourth-order valence-corrected chi connectivity index (χ4v) is 10.7. The standard InChI is InChI=1S/C71H112O15/c1-6-9-11-12-28-37-45-59(62(57(5)73)51-56(4)72)46-38-31-26-27-34-42-50-68(78)85-61(54-83-66(76)48-40-32-24-20-16-14-13-15-18-22-29-36-43-58(8-3)63(70(80)81)52-65(74)75)55-84-67(77)49-41-33-25-21-17-19-23-30-39-47-60(44-35-10-7-2)64-53-69(79)86-71(64)82/h13,15,22-23,29-30,36,38-39,43,46-47,58-64H,6-12,14,16-21,24-28,31-35,37,40-42,44-45,48-55H2,1-5H3,(H,74,75)(H,80,81)/b15-13-,29-22-,30-23-,43-36+,46-38+,47-39+. The second kappa shape index (κ2) is 52.4. The number of Topliss-reactive ketones (excluding diaryl/α,β-unsaturated/α-hetero) is 2. The zero-order chi connectivity index (χ0) is 63.4. The zero-order valence-corrected chi connectivity index (χ0v) is 53.5. The van der Waals surface area contributed by atoms with Crippen LogP contribution >= 0.6 is 0 Å². The predicted octanol–water partition coefficient (Wildman–Crippen LogP) is 16.6. The lowest BCUT2D eigenvalue weighted by Crippen LogP contribution is -2.30. The van der Waals surface area contributed by atoms with E-state index in [-0.39, 0.29) is 80.6 Å². The average molecular weight is 1210 g/mol. The third-order valence-electron chi connectivity index (χ3n) is 15.9. The van der Waals surface area contributed by atoms with Gasteiger partial charge in [-0.05, 0) is 115 Å². The van der Waals surface area contributed by atoms with Crippen LogP contribution in [0.3, 0.4) is 0 Å². The maximum absolute atomic E-state index is 13.1. The molecule has 0 aromatic carbocycles. The molecule has 486 valence electrons. The Morgan fingerprint density at radius 1 is 0.523 bits per heavy atom. The lowest BCUT2D eigenvalue weighted by atomic mass is 9.81. The topological polar surface area (TPSA) is 231 Å². The summed E-state index contributed by atoms with van der Waals surface area (Å²) in [6.07, 6.45) is 51.6. The molecule has 0 aromatic rings. The first-order valence-electron chi connectivity index (χ1n) is 33.2. The molecule has 1 aliphatic rings. The van der Waals surface area contributed by atoms with Crippen LogP contribution in [0.4, 0.5) is 0 Å². The number of ether oxygens (including phenoxy) is 4. The van der Waals surface area contributed by atoms with Gasteiger partial charge in [-0.3, -0.25) is 38.4 Å². The largest absolute Gasteiger partial charge is 0.481 e. The second-order valence-electron chi connectivity index (χ2n) is 23.5. The number of unbranched alkanes of at least 4 members (excludes halogenated alkanes) is 21. The molecule has 0 aromatic heterocycles. The third-order valence-corrected chi connectivity index (χ3v) is 15.9. The lowest BCUT2D eigenvalue weighted by molar-refractivity contribution is -0.167. The molecule has 0 amide bonds. The number of carbonyl (C=O) groups excluding carboxylic acids is 7. The van der Waals surface area contributed by atoms with E-state index in [1.165, 1.54) is 25.7 Å². The molecule has 0 radical (unpaired) electrons. The van der Waals surface area contributed by atoms with Gasteiger partial charge in [-0.2, -0.15) is 0 Å². The first kappa shape index (κ1) is 78.3. The van der Waals surface area contributed by atoms with Crippen LogP contribution < -0.4 is 0 Å². The Bertz CT molecular complexity index is 2110. The third kappa shape index (κ3) is 42.2. The van der Waals surface area contributed by atoms with Gasteiger partial charge in [0.1, 0.15) is 24.8 Å². The first-order valence-corrected chi connectivity index (χ1v) is 33.2. The Labute approximate surface area is 517 Å². The van der Waals surface area contributed by atoms with Gasteiger partial charge in [-0.25, -0.2) is 0 Å². The van der Waals surface area contributed by atoms with Crippen LogP contribution in [-0.4, -0.2) is 82.9 Å². The normalized spacial score (nSPS) is 15.9. The van der Waals surface area contributed by atoms with E-state index in [1.54, 1.807) is 26.0 Å². The minimum absolute atomic E-state index is 0.0138. The van der Waals surface area contributed by atoms with Crippen molar-refractivity contribution in [1.82, 2.24) is 0 Å². The summed E-state index contributed by atoms with van der Waals surface area (Å²) in [5, 5.41) is 18.5. The quantitative estimate of drug-likeness (QED) is 0.0144. The molecule has 0 aliphatic carbocycles. The van der Waals surface area contributed by atoms with Crippen LogP contribution in [-0.2, 0) is 62.1 Å². The number of ketones is 2. The summed E-state index contributed by atoms with van der Waals surface area (Å²) >= 11 is 0. The van der Waals surface area contributed by atoms with Crippen molar-refractivity contribution < 1.29 is 72.3 Å². The van der Waals surface area contributed by atoms with E-state index in [1.807, 2.05) is 37.3 Å². The monoisotopic (exact) mass is 1200 g/mol. The molecule has 0 saturated carbocycles. The first-order chi connectivity index (χ1) is 41.5. The average Bonchev–Trinajstić information content (AvgIpc) is 3.47. The highest BCUT2D eigenvalue weighted by Crippen LogP contribution is 2.30. The van der Waals surface area contributed by atoms with Crippen molar-refractivity contribution in [3.05, 3.63) is 72.9 Å². The molecule has 15 heteroatoms. The Morgan fingerprint density at radius 3 is 1.58 bits per heavy atom. The molecule has 86 heavy (non-hydrogen) atoms. The number of hydrogen-bond donors (Lipinski definition) is 2. The number of carboxylic acid groups (broad SMARTS) is 2. The maximum Gasteiger partial charge on any atom is 0.317 e. The van der Waals surface area contributed by atoms with E-state index < -0.39 is 66.1 Å². The zero-order valence-electron chi connectivity index (χ0n) is 53.5. The van der Waals surface area contributed by atoms with Crippen molar-refractivity contribution in [1.29, 1.82) is 0 Å². The summed E-state index contributed by atoms with van der Waals surface area (Å²) in [5.41, 5.74) is 0. The molecule has 15 nitrogen and oxygen atoms in total. The van der Waals surface area contributed by atoms with Crippen molar-refractivity contribution in [3.63, 3.8) is 0 Å². The van der Waals surface area contributed by atoms with Gasteiger partial charge in [0.2, 0.25) is 0 Å². The highest BCUT2D eigenvalue weighted by molar-refractivity contribution is 5.95. The van der Waals surface area contributed by atoms with Crippen LogP contribution in [0.5, 0.6) is 0 Å². The minimum atomic E-state index is -1.13. The number of rotatable bonds is 56. The van der Waals surface area contributed by atoms with E-state index in [0.29, 0.717) is 25.7 Å². The summed E-state index contributed by atoms with van der Waals surface area (Å²) in [7, 11) is 0. The maximum atomic E-state index is 13.1. The predicted molar refractivity (Wildman–Crippen MR) is 339 cm³/mol. The molecule has 1 heterocycles. The van der Waals surface area contributed by atoms with Crippen molar-refractivity contribution in [3.8, 4) is 0 Å². The number of cyclic esters (lactones) is 2. The van der Waals surface area contributed by atoms with Gasteiger partial charge in [-0.1, -0.05) is 203 Å². The summed E-state index contributed by atoms with van der Waals surface area (Å²) in [4.78, 5) is 110. The van der Waals surface area contributed by atoms with Crippen molar-refractivity contribution in [2.75, 3.05) is 13.2 Å². The van der Waals surface area contributed by atoms with Crippen LogP contribution in [0.2, 0.25) is 0 Å². The highest BCUT2D eigenvalue weighted by atomic mass is 16.6. The highest BCUT2D eigenvalue weighted by Gasteiger charge is 2.38. The summed E-state index contributed by atoms with van der Waals surface area (Å²) < 4.78 is 21.7. The van der Waals surface area contributed by atoms with Gasteiger partial charge < -0.3 is 34.0 Å². The van der Waals surface area contributed by atoms with E-state index in [4.69, 9.17) is 24.1 Å². The van der Waals surface area contributed by atoms with Crippen LogP contribution in [0.1, 0.15) is 266 Å². The molecule has 1 saturated heterocycles. The molecule has 1 aliphatic heterocycles. The fraction of sp³-hybridized carbons (Fsp3) is 0.704. The van der Waals surface area contributed by atoms with E-state index in [9.17, 15) is 48.3 Å². The number of hydrogen-bond acceptors (Lipinski definition) is 13. The molecular formula is C71H112O15. The number of aliphatic carboxylic acids is 2. The van der Waals surface area contributed by atoms with E-state index in [0.717, 1.165) is 141 Å². The molecular weight excluding hydrogens is 1090 g/mol. The number of carboxylic acids is 2. The van der Waals surface area contributed by atoms with Gasteiger partial charge in [-0.15, -0.1) is 0 Å². The Balaban J connectivity index is 2.63. The second-order valence-corrected chi connectivity index (χ2v) is 23.5. The van der Waals surface area contributed by atoms with Crippen molar-refractivity contribution in [2.24, 2.45) is 35.5 Å². The van der Waals surface area contributed by atoms with Gasteiger partial charge in [0.05, 0.1) is 24.7 Å². The summed E-state index contributed by atoms with van der Waals surface area (Å²) in [6, 6.07) is 0. The molecule has 2 N–H and O–H groups in total. The summed E-state index contributed by atoms with van der Waals surface area (Å²) in [5.74, 6) is -6.23. The minimum Gasteiger partial charge on any atom is -0.481 e. The van der Waals surface area contributed by atoms with E-state index >= 15 is 0 Å². The molecule has 7 unspecified atom stereocenters. The Morgan fingerprint density at radius 2 is 1.03 bits per heavy atom. The number of carbonyl (C=O) groups is 9. The van der Waals surface area contributed by atoms with Crippen LogP contribution in [0, 0.1) is 35.5 Å². The van der Waals surface area contributed by atoms with Gasteiger partial charge in [0.25, 0.3) is 0 Å². The van der Waals surface area contributed by atoms with Gasteiger partial charge >= 0.3 is 41.8 Å². The Kier molecular flexibility index (Phi) is 47.7. The van der Waals surface area contributed by atoms with Gasteiger partial charge in [0.15, 0.2) is 6.10 Å². The van der Waals surface area contributed by atoms with E-state index in [2.05, 4.69) is 44.2 Å². The van der Waals surface area contributed by atoms with Crippen LogP contribution in [0.25, 0.3) is 0 Å². The molecule has 0 spiro atoms. The fourth-order valence-electron chi connectivity index (χ4n) is 10.7. The SMILES string of the molecule is CCCCCCCCC(/C=C/CCCCCCC(=O)OC(COC(=O)CCCCCCC/C=C\C=C\C(CCCCC)C1CC(=O)OC1=O)COC(=O)CCCCCCC/C=C\C/C=C\C=C\C(CC)C(CC(=O)O)C(=O)O)C(CC(C)=O)C(C)=O. The molecule has 1 rings (SSSR count). The summed E-state index contributed by atoms with van der Waals surface area (Å²) in [6.45, 7) is 8.90. The van der Waals surface area contributed by atoms with Crippen molar-refractivity contribution >= 4 is 53.4 Å². The van der Waals surface area contributed by atoms with Crippen molar-refractivity contribution in [2.45, 2.75) is 272 Å². The smallest absolute Gasteiger partial charge is 0.317 e.